The summed E-state index contributed by atoms with van der Waals surface area (Å²) in [5.41, 5.74) is 2.41. The number of amides is 3. The first-order valence-electron chi connectivity index (χ1n) is 12.2. The Bertz CT molecular complexity index is 1170. The van der Waals surface area contributed by atoms with E-state index in [-0.39, 0.29) is 5.41 Å². The molecule has 13 heteroatoms. The number of nitrogens with one attached hydrogen (secondary N) is 2. The summed E-state index contributed by atoms with van der Waals surface area (Å²) in [5, 5.41) is 17.1. The SMILES string of the molecule is CC(C)C.CC1(C)[C@@H]2CN(C(=O)CNC(=O)C(F)(F)F)C[C@@H]21.Cc1nccn2ncc(C(C#N)NC=O)c12. The number of nitrogens with zero attached hydrogens (tertiary/aromatic N) is 5. The number of piperidine rings is 1. The first-order chi connectivity index (χ1) is 17.6. The number of carbonyl (C=O) groups excluding carboxylic acids is 3. The fraction of sp³-hybridized carbons (Fsp3) is 0.600. The molecule has 3 atom stereocenters. The molecule has 0 bridgehead atoms. The van der Waals surface area contributed by atoms with Gasteiger partial charge in [0.05, 0.1) is 30.0 Å². The van der Waals surface area contributed by atoms with Crippen molar-refractivity contribution in [1.29, 1.82) is 5.26 Å². The largest absolute Gasteiger partial charge is 0.471 e. The summed E-state index contributed by atoms with van der Waals surface area (Å²) in [6, 6.07) is 1.30. The van der Waals surface area contributed by atoms with Crippen LogP contribution in [-0.2, 0) is 14.4 Å². The Morgan fingerprint density at radius 2 is 1.84 bits per heavy atom. The lowest BCUT2D eigenvalue weighted by Crippen LogP contribution is -2.44. The lowest BCUT2D eigenvalue weighted by atomic mass is 10.1. The van der Waals surface area contributed by atoms with Gasteiger partial charge < -0.3 is 15.5 Å². The highest BCUT2D eigenvalue weighted by atomic mass is 19.4. The van der Waals surface area contributed by atoms with E-state index in [1.165, 1.54) is 4.90 Å². The molecule has 38 heavy (non-hydrogen) atoms. The molecule has 2 N–H and O–H groups in total. The Kier molecular flexibility index (Phi) is 9.83. The van der Waals surface area contributed by atoms with Gasteiger partial charge in [-0.3, -0.25) is 19.4 Å². The molecule has 2 fully saturated rings. The zero-order chi connectivity index (χ0) is 28.8. The standard InChI is InChI=1S/C11H15F3N2O2.C10H9N5O.C4H10/c1-10(2)6-4-16(5-7(6)10)8(17)3-15-9(18)11(12,13)14;1-7-10-8(9(4-11)13-6-16)5-14-15(10)3-2-12-7;1-4(2)3/h6-7H,3-5H2,1-2H3,(H,15,18);2-3,5-6,9H,1H3,(H,13,16);4H,1-3H3/t6-,7+;;. The van der Waals surface area contributed by atoms with Gasteiger partial charge in [-0.15, -0.1) is 0 Å². The van der Waals surface area contributed by atoms with Crippen molar-refractivity contribution in [3.8, 4) is 6.07 Å². The molecule has 0 spiro atoms. The molecule has 10 nitrogen and oxygen atoms in total. The van der Waals surface area contributed by atoms with E-state index in [4.69, 9.17) is 5.26 Å². The second-order valence-corrected chi connectivity index (χ2v) is 10.5. The molecule has 0 aromatic carbocycles. The molecule has 1 saturated carbocycles. The summed E-state index contributed by atoms with van der Waals surface area (Å²) in [5.74, 6) is -0.796. The van der Waals surface area contributed by atoms with Gasteiger partial charge >= 0.3 is 12.1 Å². The Balaban J connectivity index is 0.000000235. The maximum atomic E-state index is 11.9. The number of fused-ring (bicyclic) bond motifs is 2. The molecule has 3 heterocycles. The van der Waals surface area contributed by atoms with Crippen molar-refractivity contribution in [3.05, 3.63) is 29.8 Å². The second kappa shape index (κ2) is 12.2. The van der Waals surface area contributed by atoms with Crippen LogP contribution < -0.4 is 10.6 Å². The summed E-state index contributed by atoms with van der Waals surface area (Å²) >= 11 is 0. The smallest absolute Gasteiger partial charge is 0.341 e. The van der Waals surface area contributed by atoms with Crippen LogP contribution in [0.4, 0.5) is 13.2 Å². The van der Waals surface area contributed by atoms with E-state index in [0.717, 1.165) is 17.1 Å². The van der Waals surface area contributed by atoms with Crippen molar-refractivity contribution in [2.75, 3.05) is 19.6 Å². The van der Waals surface area contributed by atoms with Gasteiger partial charge in [0.2, 0.25) is 12.3 Å². The molecule has 2 aliphatic rings. The van der Waals surface area contributed by atoms with Crippen LogP contribution in [-0.4, -0.2) is 63.5 Å². The molecule has 2 aromatic heterocycles. The van der Waals surface area contributed by atoms with Crippen molar-refractivity contribution in [3.63, 3.8) is 0 Å². The number of halogens is 3. The lowest BCUT2D eigenvalue weighted by molar-refractivity contribution is -0.174. The van der Waals surface area contributed by atoms with E-state index in [9.17, 15) is 27.6 Å². The van der Waals surface area contributed by atoms with Crippen molar-refractivity contribution < 1.29 is 27.6 Å². The van der Waals surface area contributed by atoms with Gasteiger partial charge in [-0.25, -0.2) is 4.52 Å². The Morgan fingerprint density at radius 1 is 1.26 bits per heavy atom. The average Bonchev–Trinajstić information content (AvgIpc) is 3.25. The van der Waals surface area contributed by atoms with Crippen LogP contribution in [0, 0.1) is 41.4 Å². The van der Waals surface area contributed by atoms with Gasteiger partial charge in [-0.2, -0.15) is 23.5 Å². The van der Waals surface area contributed by atoms with E-state index in [2.05, 4.69) is 50.0 Å². The maximum Gasteiger partial charge on any atom is 0.471 e. The van der Waals surface area contributed by atoms with Crippen LogP contribution in [0.1, 0.15) is 51.9 Å². The second-order valence-electron chi connectivity index (χ2n) is 10.5. The van der Waals surface area contributed by atoms with Crippen LogP contribution in [0.25, 0.3) is 5.52 Å². The number of hydrogen-bond acceptors (Lipinski definition) is 6. The number of rotatable bonds is 5. The van der Waals surface area contributed by atoms with E-state index in [1.54, 1.807) is 28.4 Å². The topological polar surface area (TPSA) is 132 Å². The molecule has 3 amide bonds. The summed E-state index contributed by atoms with van der Waals surface area (Å²) in [6.45, 7) is 13.1. The molecular weight excluding hydrogens is 503 g/mol. The Labute approximate surface area is 219 Å². The zero-order valence-electron chi connectivity index (χ0n) is 22.3. The highest BCUT2D eigenvalue weighted by Gasteiger charge is 2.62. The highest BCUT2D eigenvalue weighted by Crippen LogP contribution is 2.61. The number of aromatic nitrogens is 3. The number of alkyl halides is 3. The summed E-state index contributed by atoms with van der Waals surface area (Å²) < 4.78 is 37.4. The number of likely N-dealkylation sites (tertiary alicyclic amines) is 1. The van der Waals surface area contributed by atoms with Gasteiger partial charge in [0.25, 0.3) is 0 Å². The third kappa shape index (κ3) is 7.43. The van der Waals surface area contributed by atoms with E-state index < -0.39 is 30.6 Å². The van der Waals surface area contributed by atoms with Crippen LogP contribution in [0.5, 0.6) is 0 Å². The molecule has 4 rings (SSSR count). The average molecular weight is 538 g/mol. The van der Waals surface area contributed by atoms with Gasteiger partial charge in [0.15, 0.2) is 0 Å². The summed E-state index contributed by atoms with van der Waals surface area (Å²) in [6.07, 6.45) is 0.460. The Morgan fingerprint density at radius 3 is 2.34 bits per heavy atom. The van der Waals surface area contributed by atoms with Crippen molar-refractivity contribution in [1.82, 2.24) is 30.1 Å². The number of nitriles is 1. The first-order valence-corrected chi connectivity index (χ1v) is 12.2. The Hall–Kier alpha value is -3.69. The predicted octanol–water partition coefficient (Wildman–Crippen LogP) is 2.79. The van der Waals surface area contributed by atoms with Gasteiger partial charge in [-0.1, -0.05) is 34.6 Å². The monoisotopic (exact) mass is 537 g/mol. The predicted molar refractivity (Wildman–Crippen MR) is 132 cm³/mol. The number of carbonyl (C=O) groups is 3. The van der Waals surface area contributed by atoms with E-state index in [0.29, 0.717) is 36.9 Å². The molecule has 2 aromatic rings. The minimum atomic E-state index is -4.94. The molecule has 1 saturated heterocycles. The summed E-state index contributed by atoms with van der Waals surface area (Å²) in [4.78, 5) is 38.2. The van der Waals surface area contributed by atoms with E-state index >= 15 is 0 Å². The molecule has 1 unspecified atom stereocenters. The molecule has 1 aliphatic carbocycles. The third-order valence-corrected chi connectivity index (χ3v) is 6.45. The quantitative estimate of drug-likeness (QED) is 0.564. The van der Waals surface area contributed by atoms with Crippen molar-refractivity contribution in [2.45, 2.75) is 53.8 Å². The fourth-order valence-electron chi connectivity index (χ4n) is 4.31. The minimum Gasteiger partial charge on any atom is -0.341 e. The molecule has 1 aliphatic heterocycles. The molecule has 208 valence electrons. The van der Waals surface area contributed by atoms with E-state index in [1.807, 2.05) is 13.0 Å². The molecular formula is C25H34F3N7O3. The minimum absolute atomic E-state index is 0.242. The van der Waals surface area contributed by atoms with Crippen LogP contribution in [0.15, 0.2) is 18.6 Å². The number of aryl methyl sites for hydroxylation is 1. The highest BCUT2D eigenvalue weighted by molar-refractivity contribution is 5.87. The maximum absolute atomic E-state index is 11.9. The van der Waals surface area contributed by atoms with Gasteiger partial charge in [0, 0.05) is 31.0 Å². The summed E-state index contributed by atoms with van der Waals surface area (Å²) in [7, 11) is 0. The molecule has 0 radical (unpaired) electrons. The van der Waals surface area contributed by atoms with Crippen molar-refractivity contribution in [2.24, 2.45) is 23.2 Å². The van der Waals surface area contributed by atoms with Gasteiger partial charge in [-0.05, 0) is 30.1 Å². The fourth-order valence-corrected chi connectivity index (χ4v) is 4.31. The number of hydrogen-bond donors (Lipinski definition) is 2. The zero-order valence-corrected chi connectivity index (χ0v) is 22.3. The van der Waals surface area contributed by atoms with Crippen LogP contribution in [0.3, 0.4) is 0 Å². The van der Waals surface area contributed by atoms with Crippen molar-refractivity contribution >= 4 is 23.7 Å². The van der Waals surface area contributed by atoms with Crippen LogP contribution >= 0.6 is 0 Å². The first kappa shape index (κ1) is 30.5. The lowest BCUT2D eigenvalue weighted by Gasteiger charge is -2.22. The third-order valence-electron chi connectivity index (χ3n) is 6.45. The van der Waals surface area contributed by atoms with Gasteiger partial charge in [0.1, 0.15) is 6.04 Å². The van der Waals surface area contributed by atoms with Crippen LogP contribution in [0.2, 0.25) is 0 Å². The normalized spacial score (nSPS) is 19.7.